The number of carbonyl (C=O) groups is 1. The Balaban J connectivity index is 1.57. The van der Waals surface area contributed by atoms with E-state index in [0.29, 0.717) is 12.2 Å². The highest BCUT2D eigenvalue weighted by atomic mass is 32.1. The van der Waals surface area contributed by atoms with Crippen LogP contribution in [0.15, 0.2) is 66.2 Å². The van der Waals surface area contributed by atoms with E-state index < -0.39 is 0 Å². The van der Waals surface area contributed by atoms with Crippen molar-refractivity contribution in [2.45, 2.75) is 13.0 Å². The van der Waals surface area contributed by atoms with Gasteiger partial charge in [-0.3, -0.25) is 4.79 Å². The third-order valence-corrected chi connectivity index (χ3v) is 4.51. The minimum atomic E-state index is -0.0460. The van der Waals surface area contributed by atoms with E-state index in [1.165, 1.54) is 5.56 Å². The van der Waals surface area contributed by atoms with E-state index in [4.69, 9.17) is 0 Å². The number of rotatable bonds is 6. The first-order valence-corrected chi connectivity index (χ1v) is 8.62. The second-order valence-electron chi connectivity index (χ2n) is 5.55. The van der Waals surface area contributed by atoms with Crippen molar-refractivity contribution in [2.75, 3.05) is 17.3 Å². The third kappa shape index (κ3) is 4.43. The van der Waals surface area contributed by atoms with E-state index >= 15 is 0 Å². The van der Waals surface area contributed by atoms with Gasteiger partial charge in [0.15, 0.2) is 0 Å². The number of aromatic nitrogens is 1. The van der Waals surface area contributed by atoms with Gasteiger partial charge < -0.3 is 10.2 Å². The minimum absolute atomic E-state index is 0.0460. The van der Waals surface area contributed by atoms with Crippen LogP contribution < -0.4 is 10.2 Å². The summed E-state index contributed by atoms with van der Waals surface area (Å²) < 4.78 is 0. The summed E-state index contributed by atoms with van der Waals surface area (Å²) in [6.45, 7) is 0.812. The second kappa shape index (κ2) is 7.75. The highest BCUT2D eigenvalue weighted by molar-refractivity contribution is 7.10. The molecule has 4 nitrogen and oxygen atoms in total. The Bertz CT molecular complexity index is 770. The Morgan fingerprint density at radius 2 is 1.96 bits per heavy atom. The summed E-state index contributed by atoms with van der Waals surface area (Å²) in [5.41, 5.74) is 2.25. The number of pyridine rings is 1. The van der Waals surface area contributed by atoms with Gasteiger partial charge in [-0.05, 0) is 29.1 Å². The Morgan fingerprint density at radius 3 is 2.62 bits per heavy atom. The molecule has 0 aliphatic carbocycles. The van der Waals surface area contributed by atoms with Crippen molar-refractivity contribution in [3.05, 3.63) is 76.6 Å². The lowest BCUT2D eigenvalue weighted by Gasteiger charge is -2.19. The van der Waals surface area contributed by atoms with Crippen LogP contribution in [-0.4, -0.2) is 17.9 Å². The summed E-state index contributed by atoms with van der Waals surface area (Å²) in [6, 6.07) is 18.0. The largest absolute Gasteiger partial charge is 0.369 e. The molecule has 3 aromatic rings. The van der Waals surface area contributed by atoms with Crippen molar-refractivity contribution < 1.29 is 4.79 Å². The zero-order chi connectivity index (χ0) is 16.8. The average molecular weight is 337 g/mol. The van der Waals surface area contributed by atoms with Crippen molar-refractivity contribution in [2.24, 2.45) is 0 Å². The van der Waals surface area contributed by atoms with Crippen LogP contribution in [0.25, 0.3) is 0 Å². The van der Waals surface area contributed by atoms with Crippen LogP contribution in [0, 0.1) is 0 Å². The molecule has 0 unspecified atom stereocenters. The lowest BCUT2D eigenvalue weighted by atomic mass is 10.2. The number of benzene rings is 1. The highest BCUT2D eigenvalue weighted by Gasteiger charge is 2.07. The quantitative estimate of drug-likeness (QED) is 0.740. The molecule has 1 aromatic carbocycles. The molecule has 0 aliphatic heterocycles. The number of nitrogens with zero attached hydrogens (tertiary/aromatic N) is 2. The molecule has 0 fully saturated rings. The monoisotopic (exact) mass is 337 g/mol. The van der Waals surface area contributed by atoms with Gasteiger partial charge in [-0.25, -0.2) is 4.98 Å². The molecule has 0 saturated carbocycles. The number of hydrogen-bond acceptors (Lipinski definition) is 4. The lowest BCUT2D eigenvalue weighted by Crippen LogP contribution is -2.17. The maximum Gasteiger partial charge on any atom is 0.230 e. The van der Waals surface area contributed by atoms with Crippen LogP contribution in [0.1, 0.15) is 10.4 Å². The molecular formula is C19H19N3OS. The van der Waals surface area contributed by atoms with Crippen molar-refractivity contribution >= 4 is 28.7 Å². The fourth-order valence-corrected chi connectivity index (χ4v) is 3.10. The maximum absolute atomic E-state index is 12.0. The topological polar surface area (TPSA) is 45.2 Å². The van der Waals surface area contributed by atoms with E-state index in [-0.39, 0.29) is 5.91 Å². The summed E-state index contributed by atoms with van der Waals surface area (Å²) in [6.07, 6.45) is 2.17. The SMILES string of the molecule is CN(Cc1ccccc1)c1ccc(NC(=O)Cc2cccs2)nc1. The summed E-state index contributed by atoms with van der Waals surface area (Å²) in [5.74, 6) is 0.531. The van der Waals surface area contributed by atoms with Gasteiger partial charge in [0.25, 0.3) is 0 Å². The Morgan fingerprint density at radius 1 is 1.12 bits per heavy atom. The standard InChI is InChI=1S/C19H19N3OS/c1-22(14-15-6-3-2-4-7-15)16-9-10-18(20-13-16)21-19(23)12-17-8-5-11-24-17/h2-11,13H,12,14H2,1H3,(H,20,21,23). The van der Waals surface area contributed by atoms with Crippen LogP contribution in [0.3, 0.4) is 0 Å². The summed E-state index contributed by atoms with van der Waals surface area (Å²) in [4.78, 5) is 19.5. The molecule has 0 atom stereocenters. The normalized spacial score (nSPS) is 10.4. The molecule has 0 spiro atoms. The number of amides is 1. The van der Waals surface area contributed by atoms with Gasteiger partial charge >= 0.3 is 0 Å². The number of carbonyl (C=O) groups excluding carboxylic acids is 1. The van der Waals surface area contributed by atoms with E-state index in [1.807, 2.05) is 54.9 Å². The van der Waals surface area contributed by atoms with Gasteiger partial charge in [0.2, 0.25) is 5.91 Å². The number of thiophene rings is 1. The van der Waals surface area contributed by atoms with Gasteiger partial charge in [-0.2, -0.15) is 0 Å². The Labute approximate surface area is 145 Å². The van der Waals surface area contributed by atoms with Crippen LogP contribution >= 0.6 is 11.3 Å². The average Bonchev–Trinajstić information content (AvgIpc) is 3.09. The first kappa shape index (κ1) is 16.2. The fourth-order valence-electron chi connectivity index (χ4n) is 2.39. The zero-order valence-corrected chi connectivity index (χ0v) is 14.3. The first-order valence-electron chi connectivity index (χ1n) is 7.74. The van der Waals surface area contributed by atoms with Gasteiger partial charge in [0, 0.05) is 18.5 Å². The summed E-state index contributed by atoms with van der Waals surface area (Å²) in [5, 5.41) is 4.80. The molecular weight excluding hydrogens is 318 g/mol. The first-order chi connectivity index (χ1) is 11.7. The zero-order valence-electron chi connectivity index (χ0n) is 13.5. The van der Waals surface area contributed by atoms with Crippen molar-refractivity contribution in [3.63, 3.8) is 0 Å². The smallest absolute Gasteiger partial charge is 0.230 e. The minimum Gasteiger partial charge on any atom is -0.369 e. The van der Waals surface area contributed by atoms with Crippen LogP contribution in [0.4, 0.5) is 11.5 Å². The molecule has 2 aromatic heterocycles. The van der Waals surface area contributed by atoms with Crippen molar-refractivity contribution in [1.82, 2.24) is 4.98 Å². The van der Waals surface area contributed by atoms with E-state index in [9.17, 15) is 4.79 Å². The fraction of sp³-hybridized carbons (Fsp3) is 0.158. The highest BCUT2D eigenvalue weighted by Crippen LogP contribution is 2.17. The lowest BCUT2D eigenvalue weighted by molar-refractivity contribution is -0.115. The molecule has 5 heteroatoms. The van der Waals surface area contributed by atoms with E-state index in [2.05, 4.69) is 27.3 Å². The van der Waals surface area contributed by atoms with Gasteiger partial charge in [0.05, 0.1) is 18.3 Å². The predicted octanol–water partition coefficient (Wildman–Crippen LogP) is 3.96. The number of anilines is 2. The number of nitrogens with one attached hydrogen (secondary N) is 1. The van der Waals surface area contributed by atoms with Gasteiger partial charge in [-0.15, -0.1) is 11.3 Å². The van der Waals surface area contributed by atoms with Gasteiger partial charge in [0.1, 0.15) is 5.82 Å². The van der Waals surface area contributed by atoms with Gasteiger partial charge in [-0.1, -0.05) is 36.4 Å². The summed E-state index contributed by atoms with van der Waals surface area (Å²) >= 11 is 1.58. The molecule has 0 aliphatic rings. The van der Waals surface area contributed by atoms with Crippen LogP contribution in [0.2, 0.25) is 0 Å². The molecule has 0 saturated heterocycles. The second-order valence-corrected chi connectivity index (χ2v) is 6.58. The third-order valence-electron chi connectivity index (χ3n) is 3.63. The molecule has 3 rings (SSSR count). The molecule has 0 bridgehead atoms. The maximum atomic E-state index is 12.0. The molecule has 1 amide bonds. The molecule has 1 N–H and O–H groups in total. The molecule has 2 heterocycles. The van der Waals surface area contributed by atoms with E-state index in [0.717, 1.165) is 17.1 Å². The molecule has 122 valence electrons. The van der Waals surface area contributed by atoms with Crippen molar-refractivity contribution in [1.29, 1.82) is 0 Å². The molecule has 24 heavy (non-hydrogen) atoms. The number of hydrogen-bond donors (Lipinski definition) is 1. The Kier molecular flexibility index (Phi) is 5.23. The summed E-state index contributed by atoms with van der Waals surface area (Å²) in [7, 11) is 2.03. The Hall–Kier alpha value is -2.66. The van der Waals surface area contributed by atoms with Crippen LogP contribution in [0.5, 0.6) is 0 Å². The van der Waals surface area contributed by atoms with E-state index in [1.54, 1.807) is 17.5 Å². The van der Waals surface area contributed by atoms with Crippen LogP contribution in [-0.2, 0) is 17.8 Å². The predicted molar refractivity (Wildman–Crippen MR) is 99.4 cm³/mol. The van der Waals surface area contributed by atoms with Crippen molar-refractivity contribution in [3.8, 4) is 0 Å². The molecule has 0 radical (unpaired) electrons.